The Morgan fingerprint density at radius 2 is 2.14 bits per heavy atom. The Hall–Kier alpha value is -2.14. The lowest BCUT2D eigenvalue weighted by molar-refractivity contribution is 0.0792. The highest BCUT2D eigenvalue weighted by molar-refractivity contribution is 7.12. The first-order chi connectivity index (χ1) is 10.3. The predicted octanol–water partition coefficient (Wildman–Crippen LogP) is 3.19. The molecule has 1 amide bonds. The summed E-state index contributed by atoms with van der Waals surface area (Å²) < 4.78 is 2.21. The lowest BCUT2D eigenvalue weighted by Gasteiger charge is -2.16. The van der Waals surface area contributed by atoms with Crippen molar-refractivity contribution in [3.63, 3.8) is 0 Å². The molecule has 1 atom stereocenters. The van der Waals surface area contributed by atoms with Crippen molar-refractivity contribution in [1.29, 1.82) is 0 Å². The van der Waals surface area contributed by atoms with Gasteiger partial charge in [0, 0.05) is 13.1 Å². The highest BCUT2D eigenvalue weighted by atomic mass is 32.1. The standard InChI is InChI=1S/C16H15N3OS/c20-16(15-6-3-9-21-15)18-8-7-12(10-18)19-11-17-13-4-1-2-5-14(13)19/h1-6,9,11-12H,7-8,10H2/t12-/m0/s1. The number of benzene rings is 1. The molecule has 4 rings (SSSR count). The molecule has 1 aliphatic heterocycles. The zero-order chi connectivity index (χ0) is 14.2. The number of hydrogen-bond donors (Lipinski definition) is 0. The van der Waals surface area contributed by atoms with Crippen molar-refractivity contribution in [2.75, 3.05) is 13.1 Å². The summed E-state index contributed by atoms with van der Waals surface area (Å²) in [6, 6.07) is 12.3. The number of nitrogens with zero attached hydrogens (tertiary/aromatic N) is 3. The molecule has 0 aliphatic carbocycles. The number of carbonyl (C=O) groups is 1. The first kappa shape index (κ1) is 12.6. The van der Waals surface area contributed by atoms with Crippen LogP contribution in [0.2, 0.25) is 0 Å². The van der Waals surface area contributed by atoms with Gasteiger partial charge in [0.2, 0.25) is 0 Å². The molecular weight excluding hydrogens is 282 g/mol. The molecule has 3 aromatic rings. The van der Waals surface area contributed by atoms with E-state index in [1.807, 2.05) is 46.9 Å². The SMILES string of the molecule is O=C(c1cccs1)N1CC[C@H](n2cnc3ccccc32)C1. The minimum atomic E-state index is 0.150. The number of likely N-dealkylation sites (tertiary alicyclic amines) is 1. The summed E-state index contributed by atoms with van der Waals surface area (Å²) in [5, 5.41) is 1.95. The molecule has 1 aliphatic rings. The molecule has 1 fully saturated rings. The van der Waals surface area contributed by atoms with Crippen molar-refractivity contribution in [1.82, 2.24) is 14.5 Å². The Bertz CT molecular complexity index is 778. The molecule has 0 spiro atoms. The summed E-state index contributed by atoms with van der Waals surface area (Å²) in [5.74, 6) is 0.150. The van der Waals surface area contributed by atoms with Gasteiger partial charge in [-0.05, 0) is 30.0 Å². The van der Waals surface area contributed by atoms with Crippen LogP contribution in [0.25, 0.3) is 11.0 Å². The van der Waals surface area contributed by atoms with Crippen LogP contribution in [0.1, 0.15) is 22.1 Å². The maximum Gasteiger partial charge on any atom is 0.263 e. The fraction of sp³-hybridized carbons (Fsp3) is 0.250. The number of rotatable bonds is 2. The molecule has 21 heavy (non-hydrogen) atoms. The van der Waals surface area contributed by atoms with Gasteiger partial charge in [-0.3, -0.25) is 4.79 Å². The zero-order valence-electron chi connectivity index (χ0n) is 11.5. The van der Waals surface area contributed by atoms with Crippen LogP contribution in [-0.4, -0.2) is 33.4 Å². The van der Waals surface area contributed by atoms with E-state index in [4.69, 9.17) is 0 Å². The largest absolute Gasteiger partial charge is 0.336 e. The summed E-state index contributed by atoms with van der Waals surface area (Å²) in [7, 11) is 0. The summed E-state index contributed by atoms with van der Waals surface area (Å²) in [5.41, 5.74) is 2.16. The Labute approximate surface area is 126 Å². The van der Waals surface area contributed by atoms with Crippen LogP contribution in [-0.2, 0) is 0 Å². The Morgan fingerprint density at radius 1 is 1.24 bits per heavy atom. The van der Waals surface area contributed by atoms with E-state index >= 15 is 0 Å². The quantitative estimate of drug-likeness (QED) is 0.728. The minimum absolute atomic E-state index is 0.150. The number of amides is 1. The van der Waals surface area contributed by atoms with E-state index < -0.39 is 0 Å². The molecule has 0 unspecified atom stereocenters. The summed E-state index contributed by atoms with van der Waals surface area (Å²) in [4.78, 5) is 19.6. The monoisotopic (exact) mass is 297 g/mol. The van der Waals surface area contributed by atoms with Gasteiger partial charge in [-0.1, -0.05) is 18.2 Å². The molecule has 1 aromatic carbocycles. The number of hydrogen-bond acceptors (Lipinski definition) is 3. The Morgan fingerprint density at radius 3 is 3.00 bits per heavy atom. The number of fused-ring (bicyclic) bond motifs is 1. The van der Waals surface area contributed by atoms with E-state index in [1.165, 1.54) is 11.3 Å². The van der Waals surface area contributed by atoms with Gasteiger partial charge in [0.05, 0.1) is 28.3 Å². The van der Waals surface area contributed by atoms with Crippen LogP contribution >= 0.6 is 11.3 Å². The average molecular weight is 297 g/mol. The number of imidazole rings is 1. The van der Waals surface area contributed by atoms with Crippen LogP contribution < -0.4 is 0 Å². The molecule has 0 N–H and O–H groups in total. The van der Waals surface area contributed by atoms with Crippen LogP contribution in [0.4, 0.5) is 0 Å². The normalized spacial score (nSPS) is 18.5. The number of thiophene rings is 1. The number of aromatic nitrogens is 2. The third kappa shape index (κ3) is 2.14. The molecule has 5 heteroatoms. The van der Waals surface area contributed by atoms with E-state index in [-0.39, 0.29) is 5.91 Å². The highest BCUT2D eigenvalue weighted by Gasteiger charge is 2.29. The van der Waals surface area contributed by atoms with Crippen molar-refractivity contribution < 1.29 is 4.79 Å². The third-order valence-electron chi connectivity index (χ3n) is 4.06. The van der Waals surface area contributed by atoms with Crippen LogP contribution in [0, 0.1) is 0 Å². The molecule has 106 valence electrons. The fourth-order valence-corrected chi connectivity index (χ4v) is 3.67. The van der Waals surface area contributed by atoms with Gasteiger partial charge in [-0.15, -0.1) is 11.3 Å². The minimum Gasteiger partial charge on any atom is -0.336 e. The predicted molar refractivity (Wildman–Crippen MR) is 83.6 cm³/mol. The van der Waals surface area contributed by atoms with Crippen LogP contribution in [0.3, 0.4) is 0 Å². The van der Waals surface area contributed by atoms with E-state index in [0.717, 1.165) is 35.4 Å². The highest BCUT2D eigenvalue weighted by Crippen LogP contribution is 2.27. The topological polar surface area (TPSA) is 38.1 Å². The molecular formula is C16H15N3OS. The smallest absolute Gasteiger partial charge is 0.263 e. The van der Waals surface area contributed by atoms with Crippen molar-refractivity contribution in [2.45, 2.75) is 12.5 Å². The Balaban J connectivity index is 1.58. The molecule has 0 radical (unpaired) electrons. The number of para-hydroxylation sites is 2. The van der Waals surface area contributed by atoms with E-state index in [2.05, 4.69) is 15.6 Å². The van der Waals surface area contributed by atoms with Gasteiger partial charge in [0.15, 0.2) is 0 Å². The molecule has 2 aromatic heterocycles. The average Bonchev–Trinajstić information content (AvgIpc) is 3.25. The maximum atomic E-state index is 12.4. The number of carbonyl (C=O) groups excluding carboxylic acids is 1. The summed E-state index contributed by atoms with van der Waals surface area (Å²) >= 11 is 1.51. The van der Waals surface area contributed by atoms with Crippen molar-refractivity contribution in [3.8, 4) is 0 Å². The fourth-order valence-electron chi connectivity index (χ4n) is 2.98. The van der Waals surface area contributed by atoms with Gasteiger partial charge in [-0.25, -0.2) is 4.98 Å². The summed E-state index contributed by atoms with van der Waals surface area (Å²) in [6.07, 6.45) is 2.88. The molecule has 0 saturated carbocycles. The van der Waals surface area contributed by atoms with Crippen molar-refractivity contribution >= 4 is 28.3 Å². The second-order valence-electron chi connectivity index (χ2n) is 5.31. The van der Waals surface area contributed by atoms with Gasteiger partial charge in [0.1, 0.15) is 0 Å². The summed E-state index contributed by atoms with van der Waals surface area (Å²) in [6.45, 7) is 1.57. The first-order valence-corrected chi connectivity index (χ1v) is 7.95. The van der Waals surface area contributed by atoms with Crippen molar-refractivity contribution in [2.24, 2.45) is 0 Å². The molecule has 3 heterocycles. The van der Waals surface area contributed by atoms with E-state index in [1.54, 1.807) is 0 Å². The van der Waals surface area contributed by atoms with Gasteiger partial charge in [0.25, 0.3) is 5.91 Å². The molecule has 4 nitrogen and oxygen atoms in total. The molecule has 1 saturated heterocycles. The van der Waals surface area contributed by atoms with E-state index in [0.29, 0.717) is 6.04 Å². The Kier molecular flexibility index (Phi) is 3.00. The first-order valence-electron chi connectivity index (χ1n) is 7.07. The second kappa shape index (κ2) is 5.00. The van der Waals surface area contributed by atoms with Crippen molar-refractivity contribution in [3.05, 3.63) is 53.0 Å². The van der Waals surface area contributed by atoms with Crippen LogP contribution in [0.5, 0.6) is 0 Å². The van der Waals surface area contributed by atoms with E-state index in [9.17, 15) is 4.79 Å². The molecule has 0 bridgehead atoms. The van der Waals surface area contributed by atoms with Gasteiger partial charge in [-0.2, -0.15) is 0 Å². The second-order valence-corrected chi connectivity index (χ2v) is 6.26. The van der Waals surface area contributed by atoms with Gasteiger partial charge < -0.3 is 9.47 Å². The van der Waals surface area contributed by atoms with Gasteiger partial charge >= 0.3 is 0 Å². The maximum absolute atomic E-state index is 12.4. The third-order valence-corrected chi connectivity index (χ3v) is 4.91. The lowest BCUT2D eigenvalue weighted by atomic mass is 10.2. The zero-order valence-corrected chi connectivity index (χ0v) is 12.3. The lowest BCUT2D eigenvalue weighted by Crippen LogP contribution is -2.28. The van der Waals surface area contributed by atoms with Crippen LogP contribution in [0.15, 0.2) is 48.1 Å².